The molecule has 0 saturated carbocycles. The Hall–Kier alpha value is -2.13. The Morgan fingerprint density at radius 2 is 2.00 bits per heavy atom. The number of hydrogen-bond acceptors (Lipinski definition) is 5. The first kappa shape index (κ1) is 16.2. The maximum atomic E-state index is 12.0. The van der Waals surface area contributed by atoms with E-state index in [4.69, 9.17) is 9.88 Å². The number of amides is 1. The first-order valence-electron chi connectivity index (χ1n) is 6.42. The van der Waals surface area contributed by atoms with Gasteiger partial charge in [0.15, 0.2) is 6.04 Å². The highest BCUT2D eigenvalue weighted by Crippen LogP contribution is 2.29. The zero-order chi connectivity index (χ0) is 16.5. The number of nitrogens with two attached hydrogens (primary N) is 1. The molecule has 120 valence electrons. The molecular weight excluding hydrogens is 312 g/mol. The van der Waals surface area contributed by atoms with Gasteiger partial charge in [-0.15, -0.1) is 0 Å². The van der Waals surface area contributed by atoms with Crippen LogP contribution in [0.5, 0.6) is 5.75 Å². The molecule has 3 N–H and O–H groups in total. The minimum atomic E-state index is -3.90. The van der Waals surface area contributed by atoms with Gasteiger partial charge >= 0.3 is 5.97 Å². The fourth-order valence-corrected chi connectivity index (χ4v) is 3.15. The van der Waals surface area contributed by atoms with Gasteiger partial charge in [0.25, 0.3) is 0 Å². The maximum Gasteiger partial charge on any atom is 0.331 e. The summed E-state index contributed by atoms with van der Waals surface area (Å²) in [6.07, 6.45) is -0.307. The lowest BCUT2D eigenvalue weighted by Gasteiger charge is -2.25. The molecule has 1 aromatic carbocycles. The molecule has 1 amide bonds. The van der Waals surface area contributed by atoms with E-state index >= 15 is 0 Å². The van der Waals surface area contributed by atoms with E-state index in [1.165, 1.54) is 19.2 Å². The van der Waals surface area contributed by atoms with E-state index in [9.17, 15) is 23.1 Å². The summed E-state index contributed by atoms with van der Waals surface area (Å²) in [7, 11) is -2.42. The molecule has 1 saturated heterocycles. The van der Waals surface area contributed by atoms with Crippen molar-refractivity contribution in [3.05, 3.63) is 29.8 Å². The zero-order valence-electron chi connectivity index (χ0n) is 11.8. The van der Waals surface area contributed by atoms with Gasteiger partial charge in [-0.25, -0.2) is 18.4 Å². The third kappa shape index (κ3) is 3.20. The Morgan fingerprint density at radius 3 is 2.41 bits per heavy atom. The van der Waals surface area contributed by atoms with Crippen LogP contribution < -0.4 is 9.88 Å². The number of aliphatic carboxylic acids is 1. The van der Waals surface area contributed by atoms with E-state index in [1.807, 2.05) is 0 Å². The normalized spacial score (nSPS) is 20.0. The van der Waals surface area contributed by atoms with Crippen molar-refractivity contribution in [2.75, 3.05) is 13.7 Å². The molecule has 0 spiro atoms. The summed E-state index contributed by atoms with van der Waals surface area (Å²) in [5.74, 6) is -1.25. The van der Waals surface area contributed by atoms with Crippen molar-refractivity contribution < 1.29 is 27.9 Å². The lowest BCUT2D eigenvalue weighted by atomic mass is 10.1. The van der Waals surface area contributed by atoms with E-state index in [0.29, 0.717) is 11.3 Å². The Morgan fingerprint density at radius 1 is 1.41 bits per heavy atom. The van der Waals surface area contributed by atoms with Gasteiger partial charge in [0.1, 0.15) is 11.0 Å². The number of primary sulfonamides is 1. The summed E-state index contributed by atoms with van der Waals surface area (Å²) in [5, 5.41) is 13.4. The molecule has 0 radical (unpaired) electrons. The van der Waals surface area contributed by atoms with Crippen LogP contribution in [0.3, 0.4) is 0 Å². The number of carboxylic acids is 1. The van der Waals surface area contributed by atoms with Crippen molar-refractivity contribution in [3.63, 3.8) is 0 Å². The van der Waals surface area contributed by atoms with E-state index in [-0.39, 0.29) is 13.0 Å². The average molecular weight is 328 g/mol. The molecule has 1 fully saturated rings. The van der Waals surface area contributed by atoms with E-state index in [0.717, 1.165) is 4.90 Å². The SMILES string of the molecule is COc1ccc(C(C(=O)O)N2CC(S(N)(=O)=O)CC2=O)cc1. The topological polar surface area (TPSA) is 127 Å². The molecule has 1 heterocycles. The molecule has 0 bridgehead atoms. The number of ether oxygens (including phenoxy) is 1. The van der Waals surface area contributed by atoms with Crippen molar-refractivity contribution in [2.24, 2.45) is 5.14 Å². The van der Waals surface area contributed by atoms with Crippen LogP contribution in [0.25, 0.3) is 0 Å². The number of benzene rings is 1. The first-order valence-corrected chi connectivity index (χ1v) is 8.03. The van der Waals surface area contributed by atoms with Gasteiger partial charge in [0, 0.05) is 13.0 Å². The number of methoxy groups -OCH3 is 1. The van der Waals surface area contributed by atoms with E-state index in [2.05, 4.69) is 0 Å². The minimum absolute atomic E-state index is 0.235. The molecule has 22 heavy (non-hydrogen) atoms. The van der Waals surface area contributed by atoms with Gasteiger partial charge in [0.2, 0.25) is 15.9 Å². The monoisotopic (exact) mass is 328 g/mol. The third-order valence-corrected chi connectivity index (χ3v) is 4.81. The van der Waals surface area contributed by atoms with Gasteiger partial charge in [-0.2, -0.15) is 0 Å². The highest BCUT2D eigenvalue weighted by atomic mass is 32.2. The van der Waals surface area contributed by atoms with Crippen molar-refractivity contribution in [3.8, 4) is 5.75 Å². The molecule has 0 aliphatic carbocycles. The fraction of sp³-hybridized carbons (Fsp3) is 0.385. The molecule has 2 unspecified atom stereocenters. The number of rotatable bonds is 5. The van der Waals surface area contributed by atoms with Crippen molar-refractivity contribution in [2.45, 2.75) is 17.7 Å². The van der Waals surface area contributed by atoms with Crippen LogP contribution in [-0.2, 0) is 19.6 Å². The van der Waals surface area contributed by atoms with Crippen LogP contribution in [-0.4, -0.2) is 49.2 Å². The van der Waals surface area contributed by atoms with Crippen molar-refractivity contribution in [1.29, 1.82) is 0 Å². The first-order chi connectivity index (χ1) is 10.2. The zero-order valence-corrected chi connectivity index (χ0v) is 12.6. The Labute approximate surface area is 127 Å². The average Bonchev–Trinajstić information content (AvgIpc) is 2.82. The predicted molar refractivity (Wildman–Crippen MR) is 76.6 cm³/mol. The smallest absolute Gasteiger partial charge is 0.331 e. The summed E-state index contributed by atoms with van der Waals surface area (Å²) < 4.78 is 27.7. The highest BCUT2D eigenvalue weighted by Gasteiger charge is 2.42. The third-order valence-electron chi connectivity index (χ3n) is 3.56. The lowest BCUT2D eigenvalue weighted by molar-refractivity contribution is -0.148. The number of carboxylic acid groups (broad SMARTS) is 1. The molecule has 1 aromatic rings. The summed E-state index contributed by atoms with van der Waals surface area (Å²) >= 11 is 0. The van der Waals surface area contributed by atoms with Gasteiger partial charge in [-0.05, 0) is 17.7 Å². The van der Waals surface area contributed by atoms with Gasteiger partial charge < -0.3 is 14.7 Å². The summed E-state index contributed by atoms with van der Waals surface area (Å²) in [4.78, 5) is 24.6. The Bertz CT molecular complexity index is 685. The van der Waals surface area contributed by atoms with Crippen LogP contribution in [0, 0.1) is 0 Å². The van der Waals surface area contributed by atoms with Gasteiger partial charge in [-0.1, -0.05) is 12.1 Å². The van der Waals surface area contributed by atoms with Crippen LogP contribution >= 0.6 is 0 Å². The lowest BCUT2D eigenvalue weighted by Crippen LogP contribution is -2.37. The maximum absolute atomic E-state index is 12.0. The Kier molecular flexibility index (Phi) is 4.38. The largest absolute Gasteiger partial charge is 0.497 e. The number of carbonyl (C=O) groups excluding carboxylic acids is 1. The molecule has 0 aromatic heterocycles. The number of nitrogens with zero attached hydrogens (tertiary/aromatic N) is 1. The molecule has 8 nitrogen and oxygen atoms in total. The van der Waals surface area contributed by atoms with Crippen molar-refractivity contribution in [1.82, 2.24) is 4.90 Å². The Balaban J connectivity index is 2.32. The number of sulfonamides is 1. The second-order valence-electron chi connectivity index (χ2n) is 4.98. The summed E-state index contributed by atoms with van der Waals surface area (Å²) in [6, 6.07) is 4.93. The standard InChI is InChI=1S/C13H16N2O6S/c1-21-9-4-2-8(3-5-9)12(13(17)18)15-7-10(6-11(15)16)22(14,19)20/h2-5,10,12H,6-7H2,1H3,(H,17,18)(H2,14,19,20). The molecule has 1 aliphatic heterocycles. The molecule has 2 rings (SSSR count). The fourth-order valence-electron chi connectivity index (χ4n) is 2.41. The van der Waals surface area contributed by atoms with Crippen LogP contribution in [0.1, 0.15) is 18.0 Å². The van der Waals surface area contributed by atoms with Crippen LogP contribution in [0.2, 0.25) is 0 Å². The second-order valence-corrected chi connectivity index (χ2v) is 6.82. The highest BCUT2D eigenvalue weighted by molar-refractivity contribution is 7.89. The molecule has 1 aliphatic rings. The summed E-state index contributed by atoms with van der Waals surface area (Å²) in [5.41, 5.74) is 0.358. The van der Waals surface area contributed by atoms with E-state index < -0.39 is 33.2 Å². The van der Waals surface area contributed by atoms with E-state index in [1.54, 1.807) is 12.1 Å². The van der Waals surface area contributed by atoms with Gasteiger partial charge in [0.05, 0.1) is 7.11 Å². The second kappa shape index (κ2) is 5.93. The molecular formula is C13H16N2O6S. The van der Waals surface area contributed by atoms with Crippen molar-refractivity contribution >= 4 is 21.9 Å². The number of carbonyl (C=O) groups is 2. The minimum Gasteiger partial charge on any atom is -0.497 e. The number of likely N-dealkylation sites (tertiary alicyclic amines) is 1. The molecule has 2 atom stereocenters. The van der Waals surface area contributed by atoms with Crippen LogP contribution in [0.4, 0.5) is 0 Å². The number of hydrogen-bond donors (Lipinski definition) is 2. The van der Waals surface area contributed by atoms with Crippen LogP contribution in [0.15, 0.2) is 24.3 Å². The molecule has 9 heteroatoms. The summed E-state index contributed by atoms with van der Waals surface area (Å²) in [6.45, 7) is -0.235. The van der Waals surface area contributed by atoms with Gasteiger partial charge in [-0.3, -0.25) is 4.79 Å². The quantitative estimate of drug-likeness (QED) is 0.764. The predicted octanol–water partition coefficient (Wildman–Crippen LogP) is -0.290.